The van der Waals surface area contributed by atoms with Gasteiger partial charge in [0.1, 0.15) is 12.7 Å². The van der Waals surface area contributed by atoms with Crippen molar-refractivity contribution in [2.45, 2.75) is 57.3 Å². The van der Waals surface area contributed by atoms with E-state index >= 15 is 0 Å². The van der Waals surface area contributed by atoms with E-state index in [1.165, 1.54) is 72.8 Å². The van der Waals surface area contributed by atoms with Gasteiger partial charge in [-0.15, -0.1) is 0 Å². The summed E-state index contributed by atoms with van der Waals surface area (Å²) in [4.78, 5) is 57.4. The normalized spacial score (nSPS) is 20.4. The molecule has 0 aliphatic carbocycles. The van der Waals surface area contributed by atoms with E-state index in [1.807, 2.05) is 0 Å². The van der Waals surface area contributed by atoms with E-state index in [-0.39, 0.29) is 28.9 Å². The first-order chi connectivity index (χ1) is 23.9. The molecule has 5 atom stereocenters. The lowest BCUT2D eigenvalue weighted by atomic mass is 9.97. The third-order valence-electron chi connectivity index (χ3n) is 6.84. The predicted octanol–water partition coefficient (Wildman–Crippen LogP) is 5.78. The number of rotatable bonds is 11. The van der Waals surface area contributed by atoms with Crippen LogP contribution in [-0.2, 0) is 44.6 Å². The third-order valence-corrected chi connectivity index (χ3v) is 6.84. The molecule has 3 aromatic rings. The van der Waals surface area contributed by atoms with Gasteiger partial charge in [-0.2, -0.15) is 13.2 Å². The van der Waals surface area contributed by atoms with Crippen molar-refractivity contribution in [1.82, 2.24) is 0 Å². The fourth-order valence-electron chi connectivity index (χ4n) is 4.70. The predicted molar refractivity (Wildman–Crippen MR) is 166 cm³/mol. The molecule has 0 bridgehead atoms. The number of carbonyl (C=O) groups is 4. The van der Waals surface area contributed by atoms with Gasteiger partial charge in [-0.3, -0.25) is 9.59 Å². The minimum atomic E-state index is -5.25. The Balaban J connectivity index is 1.87. The zero-order valence-corrected chi connectivity index (χ0v) is 26.4. The first-order valence-electron chi connectivity index (χ1n) is 14.8. The van der Waals surface area contributed by atoms with Crippen molar-refractivity contribution in [2.75, 3.05) is 6.61 Å². The lowest BCUT2D eigenvalue weighted by molar-refractivity contribution is -0.287. The Morgan fingerprint density at radius 2 is 1.40 bits per heavy atom. The van der Waals surface area contributed by atoms with Gasteiger partial charge in [0, 0.05) is 18.8 Å². The monoisotopic (exact) mass is 698 g/mol. The Morgan fingerprint density at radius 3 is 2.02 bits per heavy atom. The molecule has 0 saturated carbocycles. The molecule has 1 saturated heterocycles. The molecule has 0 radical (unpaired) electrons. The number of aliphatic imine (C=N–C) groups is 1. The smallest absolute Gasteiger partial charge is 0.463 e. The summed E-state index contributed by atoms with van der Waals surface area (Å²) in [5.74, 6) is -5.89. The van der Waals surface area contributed by atoms with Gasteiger partial charge in [-0.25, -0.2) is 14.6 Å². The number of esters is 4. The van der Waals surface area contributed by atoms with Gasteiger partial charge in [-0.1, -0.05) is 59.7 Å². The zero-order valence-electron chi connectivity index (χ0n) is 26.4. The second-order valence-corrected chi connectivity index (χ2v) is 10.4. The molecule has 262 valence electrons. The highest BCUT2D eigenvalue weighted by Crippen LogP contribution is 2.34. The molecule has 1 heterocycles. The van der Waals surface area contributed by atoms with Crippen LogP contribution in [0.25, 0.3) is 10.4 Å². The average Bonchev–Trinajstić information content (AvgIpc) is 3.08. The summed E-state index contributed by atoms with van der Waals surface area (Å²) in [5.41, 5.74) is 8.61. The van der Waals surface area contributed by atoms with Crippen molar-refractivity contribution in [3.05, 3.63) is 112 Å². The lowest BCUT2D eigenvalue weighted by Gasteiger charge is -2.44. The van der Waals surface area contributed by atoms with Gasteiger partial charge in [0.15, 0.2) is 12.2 Å². The van der Waals surface area contributed by atoms with E-state index in [0.29, 0.717) is 0 Å². The number of nitrogens with zero attached hydrogens (tertiary/aromatic N) is 4. The van der Waals surface area contributed by atoms with Crippen LogP contribution in [0.1, 0.15) is 40.1 Å². The molecule has 4 rings (SSSR count). The van der Waals surface area contributed by atoms with Crippen molar-refractivity contribution in [3.63, 3.8) is 0 Å². The van der Waals surface area contributed by atoms with Gasteiger partial charge >= 0.3 is 30.1 Å². The molecular weight excluding hydrogens is 669 g/mol. The molecule has 17 heteroatoms. The van der Waals surface area contributed by atoms with Crippen molar-refractivity contribution in [3.8, 4) is 0 Å². The van der Waals surface area contributed by atoms with Crippen LogP contribution >= 0.6 is 0 Å². The van der Waals surface area contributed by atoms with Crippen molar-refractivity contribution in [2.24, 2.45) is 10.1 Å². The highest BCUT2D eigenvalue weighted by Gasteiger charge is 2.55. The summed E-state index contributed by atoms with van der Waals surface area (Å²) >= 11 is 0. The van der Waals surface area contributed by atoms with Crippen LogP contribution in [0.4, 0.5) is 18.9 Å². The average molecular weight is 699 g/mol. The van der Waals surface area contributed by atoms with E-state index in [1.54, 1.807) is 12.1 Å². The first kappa shape index (κ1) is 36.9. The van der Waals surface area contributed by atoms with Crippen LogP contribution in [0.5, 0.6) is 0 Å². The fraction of sp³-hybridized carbons (Fsp3) is 0.303. The first-order valence-corrected chi connectivity index (χ1v) is 14.8. The van der Waals surface area contributed by atoms with E-state index in [4.69, 9.17) is 34.0 Å². The topological polar surface area (TPSA) is 185 Å². The Kier molecular flexibility index (Phi) is 12.5. The second kappa shape index (κ2) is 16.9. The third kappa shape index (κ3) is 10.0. The number of hydrogen-bond acceptors (Lipinski definition) is 12. The van der Waals surface area contributed by atoms with Gasteiger partial charge in [0.05, 0.1) is 23.4 Å². The Hall–Kier alpha value is -5.93. The molecule has 3 aromatic carbocycles. The van der Waals surface area contributed by atoms with Gasteiger partial charge < -0.3 is 28.4 Å². The van der Waals surface area contributed by atoms with E-state index < -0.39 is 73.3 Å². The van der Waals surface area contributed by atoms with Crippen LogP contribution < -0.4 is 0 Å². The number of carbonyl (C=O) groups excluding carboxylic acids is 4. The lowest BCUT2D eigenvalue weighted by Crippen LogP contribution is -2.63. The van der Waals surface area contributed by atoms with E-state index in [0.717, 1.165) is 13.8 Å². The van der Waals surface area contributed by atoms with Crippen LogP contribution in [0.15, 0.2) is 95.0 Å². The maximum absolute atomic E-state index is 14.4. The number of hydrogen-bond donors (Lipinski definition) is 0. The van der Waals surface area contributed by atoms with Crippen molar-refractivity contribution < 1.29 is 60.8 Å². The molecule has 1 fully saturated rings. The number of benzene rings is 3. The van der Waals surface area contributed by atoms with Crippen molar-refractivity contribution >= 4 is 35.5 Å². The molecule has 0 spiro atoms. The highest BCUT2D eigenvalue weighted by molar-refractivity contribution is 5.92. The maximum atomic E-state index is 14.4. The molecule has 50 heavy (non-hydrogen) atoms. The molecule has 1 aliphatic heterocycles. The number of azide groups is 1. The zero-order chi connectivity index (χ0) is 36.3. The fourth-order valence-corrected chi connectivity index (χ4v) is 4.70. The van der Waals surface area contributed by atoms with Crippen LogP contribution in [-0.4, -0.2) is 73.3 Å². The Morgan fingerprint density at radius 1 is 0.780 bits per heavy atom. The molecule has 0 aromatic heterocycles. The molecule has 1 aliphatic rings. The van der Waals surface area contributed by atoms with Crippen LogP contribution in [0, 0.1) is 0 Å². The Bertz CT molecular complexity index is 1750. The minimum Gasteiger partial charge on any atom is -0.463 e. The number of para-hydroxylation sites is 1. The SMILES string of the molecule is CC(=O)OC[C@H]1O[C@@H](OC(=Nc2ccccc2)C(F)(F)F)[C@H](OC(=O)c2ccccc2CN=[N+]=[N-])[C@@H](OC(=O)c2ccccc2)[C@@H]1OC(C)=O. The molecule has 14 nitrogen and oxygen atoms in total. The maximum Gasteiger partial charge on any atom is 0.468 e. The number of halogens is 3. The summed E-state index contributed by atoms with van der Waals surface area (Å²) in [7, 11) is 0. The van der Waals surface area contributed by atoms with E-state index in [9.17, 15) is 32.3 Å². The van der Waals surface area contributed by atoms with Crippen LogP contribution in [0.3, 0.4) is 0 Å². The van der Waals surface area contributed by atoms with Gasteiger partial charge in [0.25, 0.3) is 5.90 Å². The number of alkyl halides is 3. The summed E-state index contributed by atoms with van der Waals surface area (Å²) in [6.07, 6.45) is -14.9. The molecular formula is C33H29F3N4O10. The van der Waals surface area contributed by atoms with E-state index in [2.05, 4.69) is 15.0 Å². The highest BCUT2D eigenvalue weighted by atomic mass is 19.4. The van der Waals surface area contributed by atoms with Gasteiger partial charge in [0.2, 0.25) is 12.4 Å². The Labute approximate surface area is 282 Å². The number of ether oxygens (including phenoxy) is 6. The summed E-state index contributed by atoms with van der Waals surface area (Å²) in [5, 5.41) is 3.44. The van der Waals surface area contributed by atoms with Gasteiger partial charge in [-0.05, 0) is 41.4 Å². The molecule has 0 N–H and O–H groups in total. The van der Waals surface area contributed by atoms with Crippen molar-refractivity contribution in [1.29, 1.82) is 0 Å². The standard InChI is InChI=1S/C33H29F3N4O10/c1-19(41)45-18-25-26(46-20(2)42)27(48-29(43)21-11-5-3-6-12-21)28(49-30(44)24-16-10-9-13-22(24)17-38-40-37)31(47-25)50-32(33(34,35)36)39-23-14-7-4-8-15-23/h3-16,25-28,31H,17-18H2,1-2H3/t25-,26-,27+,28-,31+/m1/s1. The second-order valence-electron chi connectivity index (χ2n) is 10.4. The summed E-state index contributed by atoms with van der Waals surface area (Å²) in [6.45, 7) is 0.997. The van der Waals surface area contributed by atoms with Crippen LogP contribution in [0.2, 0.25) is 0 Å². The largest absolute Gasteiger partial charge is 0.468 e. The minimum absolute atomic E-state index is 0.0269. The summed E-state index contributed by atoms with van der Waals surface area (Å²) < 4.78 is 76.2. The molecule has 0 unspecified atom stereocenters. The summed E-state index contributed by atoms with van der Waals surface area (Å²) in [6, 6.07) is 20.0. The molecule has 0 amide bonds. The quantitative estimate of drug-likeness (QED) is 0.0452.